The van der Waals surface area contributed by atoms with Gasteiger partial charge in [0.1, 0.15) is 0 Å². The Morgan fingerprint density at radius 1 is 0.900 bits per heavy atom. The molecule has 4 N–H and O–H groups in total. The Bertz CT molecular complexity index is 123. The van der Waals surface area contributed by atoms with Crippen molar-refractivity contribution in [3.05, 3.63) is 0 Å². The summed E-state index contributed by atoms with van der Waals surface area (Å²) in [6, 6.07) is 0.838. The Morgan fingerprint density at radius 2 is 1.50 bits per heavy atom. The van der Waals surface area contributed by atoms with Crippen molar-refractivity contribution in [2.45, 2.75) is 37.8 Å². The fourth-order valence-electron chi connectivity index (χ4n) is 2.63. The molecule has 3 aliphatic rings. The van der Waals surface area contributed by atoms with Crippen molar-refractivity contribution in [3.63, 3.8) is 0 Å². The van der Waals surface area contributed by atoms with Gasteiger partial charge in [0.05, 0.1) is 0 Å². The van der Waals surface area contributed by atoms with E-state index in [4.69, 9.17) is 11.5 Å². The second-order valence-corrected chi connectivity index (χ2v) is 3.91. The molecule has 10 heavy (non-hydrogen) atoms. The quantitative estimate of drug-likeness (QED) is 0.513. The van der Waals surface area contributed by atoms with E-state index in [1.807, 2.05) is 0 Å². The van der Waals surface area contributed by atoms with Crippen LogP contribution >= 0.6 is 0 Å². The number of hydrogen-bond acceptors (Lipinski definition) is 2. The summed E-state index contributed by atoms with van der Waals surface area (Å²) in [6.07, 6.45) is 5.13. The number of fused-ring (bicyclic) bond motifs is 3. The fourth-order valence-corrected chi connectivity index (χ4v) is 2.63. The van der Waals surface area contributed by atoms with Crippen LogP contribution in [0, 0.1) is 11.8 Å². The first-order valence-electron chi connectivity index (χ1n) is 4.28. The molecule has 4 atom stereocenters. The number of nitrogens with two attached hydrogens (primary N) is 2. The van der Waals surface area contributed by atoms with Crippen molar-refractivity contribution in [2.75, 3.05) is 0 Å². The molecule has 0 aliphatic heterocycles. The third-order valence-electron chi connectivity index (χ3n) is 3.22. The summed E-state index contributed by atoms with van der Waals surface area (Å²) in [5.41, 5.74) is 11.9. The van der Waals surface area contributed by atoms with Crippen molar-refractivity contribution in [3.8, 4) is 0 Å². The molecule has 3 aliphatic carbocycles. The van der Waals surface area contributed by atoms with Crippen LogP contribution in [0.15, 0.2) is 0 Å². The molecule has 2 bridgehead atoms. The lowest BCUT2D eigenvalue weighted by molar-refractivity contribution is 0.121. The van der Waals surface area contributed by atoms with E-state index < -0.39 is 0 Å². The first-order valence-corrected chi connectivity index (χ1v) is 4.28. The maximum absolute atomic E-state index is 5.93. The molecule has 0 aromatic heterocycles. The largest absolute Gasteiger partial charge is 0.327 e. The van der Waals surface area contributed by atoms with E-state index in [-0.39, 0.29) is 0 Å². The normalized spacial score (nSPS) is 53.4. The van der Waals surface area contributed by atoms with Gasteiger partial charge in [-0.3, -0.25) is 0 Å². The lowest BCUT2D eigenvalue weighted by Gasteiger charge is -2.44. The van der Waals surface area contributed by atoms with Gasteiger partial charge in [-0.05, 0) is 37.5 Å². The predicted molar refractivity (Wildman–Crippen MR) is 41.4 cm³/mol. The average molecular weight is 140 g/mol. The maximum Gasteiger partial charge on any atom is 0.00845 e. The van der Waals surface area contributed by atoms with E-state index in [1.165, 1.54) is 25.7 Å². The molecule has 0 aromatic rings. The van der Waals surface area contributed by atoms with Crippen molar-refractivity contribution >= 4 is 0 Å². The van der Waals surface area contributed by atoms with Gasteiger partial charge in [0.2, 0.25) is 0 Å². The Labute approximate surface area is 62.0 Å². The topological polar surface area (TPSA) is 52.0 Å². The molecular weight excluding hydrogens is 124 g/mol. The molecule has 3 saturated carbocycles. The molecule has 0 radical (unpaired) electrons. The summed E-state index contributed by atoms with van der Waals surface area (Å²) in [4.78, 5) is 0. The fraction of sp³-hybridized carbons (Fsp3) is 1.00. The van der Waals surface area contributed by atoms with Crippen LogP contribution in [0.4, 0.5) is 0 Å². The predicted octanol–water partition coefficient (Wildman–Crippen LogP) is 0.461. The SMILES string of the molecule is N[C@@H]1CC2CCC1[C@@H](N)C2. The van der Waals surface area contributed by atoms with Gasteiger partial charge in [-0.2, -0.15) is 0 Å². The zero-order valence-corrected chi connectivity index (χ0v) is 6.29. The Hall–Kier alpha value is -0.0800. The standard InChI is InChI=1S/C8H16N2/c9-7-3-5-1-2-6(7)8(10)4-5/h5-8H,1-4,9-10H2/t5?,6?,7-,8+. The minimum Gasteiger partial charge on any atom is -0.327 e. The van der Waals surface area contributed by atoms with E-state index >= 15 is 0 Å². The summed E-state index contributed by atoms with van der Waals surface area (Å²) in [5.74, 6) is 1.50. The van der Waals surface area contributed by atoms with E-state index in [0.29, 0.717) is 18.0 Å². The minimum absolute atomic E-state index is 0.419. The summed E-state index contributed by atoms with van der Waals surface area (Å²) < 4.78 is 0. The molecule has 58 valence electrons. The average Bonchev–Trinajstić information content (AvgIpc) is 1.86. The Morgan fingerprint density at radius 3 is 1.80 bits per heavy atom. The lowest BCUT2D eigenvalue weighted by Crippen LogP contribution is -2.52. The van der Waals surface area contributed by atoms with E-state index in [0.717, 1.165) is 5.92 Å². The smallest absolute Gasteiger partial charge is 0.00845 e. The Kier molecular flexibility index (Phi) is 1.46. The van der Waals surface area contributed by atoms with Gasteiger partial charge in [0.15, 0.2) is 0 Å². The molecule has 0 spiro atoms. The second-order valence-electron chi connectivity index (χ2n) is 3.91. The lowest BCUT2D eigenvalue weighted by atomic mass is 9.66. The van der Waals surface area contributed by atoms with Gasteiger partial charge in [-0.15, -0.1) is 0 Å². The highest BCUT2D eigenvalue weighted by Gasteiger charge is 2.38. The number of hydrogen-bond donors (Lipinski definition) is 2. The molecule has 3 rings (SSSR count). The monoisotopic (exact) mass is 140 g/mol. The molecule has 0 amide bonds. The van der Waals surface area contributed by atoms with Crippen LogP contribution in [-0.2, 0) is 0 Å². The van der Waals surface area contributed by atoms with Gasteiger partial charge >= 0.3 is 0 Å². The van der Waals surface area contributed by atoms with Gasteiger partial charge < -0.3 is 11.5 Å². The van der Waals surface area contributed by atoms with Crippen LogP contribution in [0.5, 0.6) is 0 Å². The first-order chi connectivity index (χ1) is 4.77. The molecule has 2 nitrogen and oxygen atoms in total. The van der Waals surface area contributed by atoms with E-state index in [9.17, 15) is 0 Å². The van der Waals surface area contributed by atoms with Crippen molar-refractivity contribution in [1.29, 1.82) is 0 Å². The molecule has 0 heterocycles. The number of rotatable bonds is 0. The third-order valence-corrected chi connectivity index (χ3v) is 3.22. The van der Waals surface area contributed by atoms with Crippen molar-refractivity contribution < 1.29 is 0 Å². The summed E-state index contributed by atoms with van der Waals surface area (Å²) in [5, 5.41) is 0. The van der Waals surface area contributed by atoms with Gasteiger partial charge in [0.25, 0.3) is 0 Å². The first kappa shape index (κ1) is 6.62. The molecule has 0 saturated heterocycles. The minimum atomic E-state index is 0.419. The highest BCUT2D eigenvalue weighted by atomic mass is 14.8. The zero-order valence-electron chi connectivity index (χ0n) is 6.29. The van der Waals surface area contributed by atoms with Crippen LogP contribution < -0.4 is 11.5 Å². The highest BCUT2D eigenvalue weighted by molar-refractivity contribution is 4.95. The summed E-state index contributed by atoms with van der Waals surface area (Å²) in [7, 11) is 0. The Balaban J connectivity index is 2.11. The van der Waals surface area contributed by atoms with Crippen LogP contribution in [0.1, 0.15) is 25.7 Å². The van der Waals surface area contributed by atoms with Crippen LogP contribution in [0.25, 0.3) is 0 Å². The van der Waals surface area contributed by atoms with Crippen molar-refractivity contribution in [1.82, 2.24) is 0 Å². The highest BCUT2D eigenvalue weighted by Crippen LogP contribution is 2.39. The van der Waals surface area contributed by atoms with Crippen LogP contribution in [0.3, 0.4) is 0 Å². The summed E-state index contributed by atoms with van der Waals surface area (Å²) >= 11 is 0. The molecule has 2 unspecified atom stereocenters. The second kappa shape index (κ2) is 2.21. The molecule has 0 aromatic carbocycles. The van der Waals surface area contributed by atoms with E-state index in [1.54, 1.807) is 0 Å². The van der Waals surface area contributed by atoms with Crippen LogP contribution in [-0.4, -0.2) is 12.1 Å². The maximum atomic E-state index is 5.93. The molecule has 3 fully saturated rings. The molecular formula is C8H16N2. The van der Waals surface area contributed by atoms with E-state index in [2.05, 4.69) is 0 Å². The van der Waals surface area contributed by atoms with Crippen LogP contribution in [0.2, 0.25) is 0 Å². The van der Waals surface area contributed by atoms with Gasteiger partial charge in [-0.1, -0.05) is 0 Å². The van der Waals surface area contributed by atoms with Gasteiger partial charge in [0, 0.05) is 12.1 Å². The van der Waals surface area contributed by atoms with Gasteiger partial charge in [-0.25, -0.2) is 0 Å². The summed E-state index contributed by atoms with van der Waals surface area (Å²) in [6.45, 7) is 0. The third kappa shape index (κ3) is 0.867. The van der Waals surface area contributed by atoms with Crippen molar-refractivity contribution in [2.24, 2.45) is 23.3 Å². The molecule has 2 heteroatoms. The zero-order chi connectivity index (χ0) is 7.14.